The second-order valence-electron chi connectivity index (χ2n) is 10.0. The number of nitrogens with one attached hydrogen (secondary N) is 2. The number of rotatable bonds is 9. The molecule has 4 N–H and O–H groups in total. The molecule has 1 heterocycles. The van der Waals surface area contributed by atoms with Crippen molar-refractivity contribution in [3.8, 4) is 0 Å². The summed E-state index contributed by atoms with van der Waals surface area (Å²) < 4.78 is 53.6. The van der Waals surface area contributed by atoms with Crippen LogP contribution in [0.15, 0.2) is 41.4 Å². The Morgan fingerprint density at radius 2 is 1.92 bits per heavy atom. The van der Waals surface area contributed by atoms with E-state index in [0.717, 1.165) is 12.8 Å². The topological polar surface area (TPSA) is 114 Å². The first kappa shape index (κ1) is 28.5. The third-order valence-corrected chi connectivity index (χ3v) is 7.14. The lowest BCUT2D eigenvalue weighted by Crippen LogP contribution is -2.48. The van der Waals surface area contributed by atoms with Gasteiger partial charge >= 0.3 is 6.18 Å². The number of primary amides is 1. The number of para-hydroxylation sites is 1. The van der Waals surface area contributed by atoms with Gasteiger partial charge in [-0.3, -0.25) is 14.4 Å². The Morgan fingerprint density at radius 1 is 1.21 bits per heavy atom. The maximum atomic E-state index is 14.3. The van der Waals surface area contributed by atoms with Gasteiger partial charge < -0.3 is 16.4 Å². The van der Waals surface area contributed by atoms with Gasteiger partial charge in [0, 0.05) is 29.4 Å². The number of benzene rings is 2. The Kier molecular flexibility index (Phi) is 8.29. The standard InChI is InChI=1S/C27H27ClF4N4O3/c1-13-9-15(12-16(29)10-13)21-18-3-2-4-20(28)22(18)35-26(39)24(34-21)36-25(38)17(7-8-27(30,31)32)19(23(33)37)11-14-5-6-14/h2-4,9-10,12,14,17,19,24H,5-8,11H2,1H3,(H2,33,37)(H,35,39)(H,36,38). The number of halogens is 5. The molecule has 3 unspecified atom stereocenters. The molecule has 1 aliphatic heterocycles. The first-order chi connectivity index (χ1) is 18.3. The Morgan fingerprint density at radius 3 is 2.54 bits per heavy atom. The molecule has 208 valence electrons. The minimum absolute atomic E-state index is 0.0994. The molecular weight excluding hydrogens is 540 g/mol. The predicted octanol–water partition coefficient (Wildman–Crippen LogP) is 4.88. The van der Waals surface area contributed by atoms with Crippen molar-refractivity contribution >= 4 is 40.7 Å². The molecule has 3 atom stereocenters. The maximum absolute atomic E-state index is 14.3. The van der Waals surface area contributed by atoms with Gasteiger partial charge in [0.05, 0.1) is 16.4 Å². The minimum Gasteiger partial charge on any atom is -0.369 e. The highest BCUT2D eigenvalue weighted by Gasteiger charge is 2.41. The quantitative estimate of drug-likeness (QED) is 0.376. The lowest BCUT2D eigenvalue weighted by Gasteiger charge is -2.26. The fourth-order valence-corrected chi connectivity index (χ4v) is 4.99. The van der Waals surface area contributed by atoms with Crippen molar-refractivity contribution in [2.45, 2.75) is 51.4 Å². The maximum Gasteiger partial charge on any atom is 0.389 e. The van der Waals surface area contributed by atoms with E-state index in [1.54, 1.807) is 25.1 Å². The molecule has 2 aromatic rings. The number of aryl methyl sites for hydroxylation is 1. The van der Waals surface area contributed by atoms with Gasteiger partial charge in [0.1, 0.15) is 5.82 Å². The predicted molar refractivity (Wildman–Crippen MR) is 138 cm³/mol. The number of aliphatic imine (C=N–C) groups is 1. The van der Waals surface area contributed by atoms with Crippen molar-refractivity contribution in [2.75, 3.05) is 5.32 Å². The summed E-state index contributed by atoms with van der Waals surface area (Å²) in [7, 11) is 0. The lowest BCUT2D eigenvalue weighted by molar-refractivity contribution is -0.146. The SMILES string of the molecule is Cc1cc(F)cc(C2=NC(NC(=O)C(CCC(F)(F)F)C(CC3CC3)C(N)=O)C(=O)Nc3c(Cl)cccc32)c1. The first-order valence-electron chi connectivity index (χ1n) is 12.4. The van der Waals surface area contributed by atoms with Crippen LogP contribution in [-0.4, -0.2) is 35.8 Å². The van der Waals surface area contributed by atoms with Crippen molar-refractivity contribution in [3.63, 3.8) is 0 Å². The van der Waals surface area contributed by atoms with Crippen LogP contribution in [0.4, 0.5) is 23.2 Å². The van der Waals surface area contributed by atoms with E-state index in [4.69, 9.17) is 17.3 Å². The van der Waals surface area contributed by atoms with Gasteiger partial charge in [0.2, 0.25) is 18.0 Å². The molecule has 7 nitrogen and oxygen atoms in total. The van der Waals surface area contributed by atoms with Crippen LogP contribution in [0.3, 0.4) is 0 Å². The molecule has 1 aliphatic carbocycles. The number of hydrogen-bond acceptors (Lipinski definition) is 4. The number of amides is 3. The van der Waals surface area contributed by atoms with Crippen LogP contribution in [-0.2, 0) is 14.4 Å². The fraction of sp³-hybridized carbons (Fsp3) is 0.407. The Balaban J connectivity index is 1.72. The Labute approximate surface area is 227 Å². The highest BCUT2D eigenvalue weighted by atomic mass is 35.5. The van der Waals surface area contributed by atoms with Crippen LogP contribution in [0.5, 0.6) is 0 Å². The number of hydrogen-bond donors (Lipinski definition) is 3. The summed E-state index contributed by atoms with van der Waals surface area (Å²) in [5.74, 6) is -5.68. The molecule has 0 bridgehead atoms. The zero-order chi connectivity index (χ0) is 28.5. The fourth-order valence-electron chi connectivity index (χ4n) is 4.77. The van der Waals surface area contributed by atoms with Gasteiger partial charge in [-0.05, 0) is 55.5 Å². The van der Waals surface area contributed by atoms with E-state index in [1.807, 2.05) is 0 Å². The summed E-state index contributed by atoms with van der Waals surface area (Å²) in [5, 5.41) is 5.17. The largest absolute Gasteiger partial charge is 0.389 e. The van der Waals surface area contributed by atoms with E-state index >= 15 is 0 Å². The number of anilines is 1. The highest BCUT2D eigenvalue weighted by molar-refractivity contribution is 6.36. The van der Waals surface area contributed by atoms with Gasteiger partial charge in [0.15, 0.2) is 0 Å². The highest BCUT2D eigenvalue weighted by Crippen LogP contribution is 2.39. The number of carbonyl (C=O) groups excluding carboxylic acids is 3. The van der Waals surface area contributed by atoms with E-state index in [-0.39, 0.29) is 28.8 Å². The molecule has 39 heavy (non-hydrogen) atoms. The normalized spacial score (nSPS) is 18.8. The molecule has 0 spiro atoms. The molecule has 0 saturated heterocycles. The molecule has 1 fully saturated rings. The lowest BCUT2D eigenvalue weighted by atomic mass is 9.83. The molecule has 12 heteroatoms. The minimum atomic E-state index is -4.57. The molecule has 3 amide bonds. The number of benzodiazepines with no additional fused rings is 1. The van der Waals surface area contributed by atoms with Crippen molar-refractivity contribution in [2.24, 2.45) is 28.5 Å². The van der Waals surface area contributed by atoms with Crippen molar-refractivity contribution < 1.29 is 31.9 Å². The zero-order valence-corrected chi connectivity index (χ0v) is 21.7. The van der Waals surface area contributed by atoms with Gasteiger partial charge in [0.25, 0.3) is 5.91 Å². The van der Waals surface area contributed by atoms with Gasteiger partial charge in [-0.1, -0.05) is 36.6 Å². The van der Waals surface area contributed by atoms with Crippen molar-refractivity contribution in [1.82, 2.24) is 5.32 Å². The van der Waals surface area contributed by atoms with E-state index in [2.05, 4.69) is 15.6 Å². The van der Waals surface area contributed by atoms with Crippen LogP contribution < -0.4 is 16.4 Å². The van der Waals surface area contributed by atoms with Crippen LogP contribution in [0.2, 0.25) is 5.02 Å². The summed E-state index contributed by atoms with van der Waals surface area (Å²) in [6.07, 6.45) is -6.41. The number of alkyl halides is 3. The van der Waals surface area contributed by atoms with Crippen molar-refractivity contribution in [3.05, 3.63) is 63.9 Å². The second-order valence-corrected chi connectivity index (χ2v) is 10.4. The average Bonchev–Trinajstić information content (AvgIpc) is 3.66. The number of nitrogens with zero attached hydrogens (tertiary/aromatic N) is 1. The summed E-state index contributed by atoms with van der Waals surface area (Å²) in [6, 6.07) is 8.88. The van der Waals surface area contributed by atoms with Gasteiger partial charge in [-0.25, -0.2) is 9.38 Å². The van der Waals surface area contributed by atoms with Gasteiger partial charge in [-0.15, -0.1) is 0 Å². The summed E-state index contributed by atoms with van der Waals surface area (Å²) in [6.45, 7) is 1.67. The van der Waals surface area contributed by atoms with Gasteiger partial charge in [-0.2, -0.15) is 13.2 Å². The Bertz CT molecular complexity index is 1310. The third-order valence-electron chi connectivity index (χ3n) is 6.83. The monoisotopic (exact) mass is 566 g/mol. The number of carbonyl (C=O) groups is 3. The first-order valence-corrected chi connectivity index (χ1v) is 12.8. The molecule has 2 aliphatic rings. The number of fused-ring (bicyclic) bond motifs is 1. The summed E-state index contributed by atoms with van der Waals surface area (Å²) >= 11 is 6.32. The molecule has 0 aromatic heterocycles. The number of nitrogens with two attached hydrogens (primary N) is 1. The van der Waals surface area contributed by atoms with Crippen LogP contribution >= 0.6 is 11.6 Å². The van der Waals surface area contributed by atoms with E-state index in [9.17, 15) is 31.9 Å². The Hall–Kier alpha value is -3.47. The van der Waals surface area contributed by atoms with E-state index in [1.165, 1.54) is 18.2 Å². The van der Waals surface area contributed by atoms with E-state index < -0.39 is 60.6 Å². The van der Waals surface area contributed by atoms with Crippen LogP contribution in [0.25, 0.3) is 0 Å². The average molecular weight is 567 g/mol. The molecule has 0 radical (unpaired) electrons. The van der Waals surface area contributed by atoms with Crippen LogP contribution in [0.1, 0.15) is 48.8 Å². The third kappa shape index (κ3) is 7.14. The van der Waals surface area contributed by atoms with Crippen molar-refractivity contribution in [1.29, 1.82) is 0 Å². The van der Waals surface area contributed by atoms with E-state index in [0.29, 0.717) is 16.7 Å². The molecule has 2 aromatic carbocycles. The second kappa shape index (κ2) is 11.3. The van der Waals surface area contributed by atoms with Crippen LogP contribution in [0, 0.1) is 30.5 Å². The smallest absolute Gasteiger partial charge is 0.369 e. The molecule has 4 rings (SSSR count). The summed E-state index contributed by atoms with van der Waals surface area (Å²) in [5.41, 5.74) is 7.05. The summed E-state index contributed by atoms with van der Waals surface area (Å²) in [4.78, 5) is 43.2. The zero-order valence-electron chi connectivity index (χ0n) is 20.9. The molecule has 1 saturated carbocycles. The molecular formula is C27H27ClF4N4O3.